The normalized spacial score (nSPS) is 9.90. The van der Waals surface area contributed by atoms with E-state index < -0.39 is 5.82 Å². The van der Waals surface area contributed by atoms with Crippen molar-refractivity contribution < 1.29 is 14.3 Å². The highest BCUT2D eigenvalue weighted by molar-refractivity contribution is 7.13. The van der Waals surface area contributed by atoms with Gasteiger partial charge in [-0.1, -0.05) is 23.4 Å². The number of aliphatic hydroxyl groups excluding tert-OH is 1. The number of aliphatic hydroxyl groups is 1. The van der Waals surface area contributed by atoms with Crippen LogP contribution in [0, 0.1) is 24.6 Å². The number of anilines is 1. The Morgan fingerprint density at radius 1 is 1.52 bits per heavy atom. The highest BCUT2D eigenvalue weighted by Crippen LogP contribution is 2.28. The van der Waals surface area contributed by atoms with Crippen molar-refractivity contribution in [1.29, 1.82) is 0 Å². The van der Waals surface area contributed by atoms with Crippen LogP contribution in [-0.2, 0) is 0 Å². The first-order valence-electron chi connectivity index (χ1n) is 5.97. The first-order valence-corrected chi connectivity index (χ1v) is 7.23. The SMILES string of the molecule is Cc1csc(C(=O)Nc2ccc(C#CCO)c(F)c2)c1Cl. The molecule has 0 fully saturated rings. The number of thiophene rings is 1. The minimum atomic E-state index is -0.567. The highest BCUT2D eigenvalue weighted by atomic mass is 35.5. The number of hydrogen-bond donors (Lipinski definition) is 2. The van der Waals surface area contributed by atoms with Crippen LogP contribution in [-0.4, -0.2) is 17.6 Å². The maximum atomic E-state index is 13.8. The average Bonchev–Trinajstić information content (AvgIpc) is 2.78. The molecule has 0 aliphatic carbocycles. The zero-order valence-electron chi connectivity index (χ0n) is 11.0. The number of carbonyl (C=O) groups excluding carboxylic acids is 1. The van der Waals surface area contributed by atoms with Crippen LogP contribution in [0.15, 0.2) is 23.6 Å². The second kappa shape index (κ2) is 6.72. The number of halogens is 2. The smallest absolute Gasteiger partial charge is 0.267 e. The molecular formula is C15H11ClFNO2S. The molecule has 0 atom stereocenters. The van der Waals surface area contributed by atoms with Gasteiger partial charge in [-0.3, -0.25) is 4.79 Å². The summed E-state index contributed by atoms with van der Waals surface area (Å²) in [6, 6.07) is 4.15. The fourth-order valence-electron chi connectivity index (χ4n) is 1.60. The molecule has 1 heterocycles. The quantitative estimate of drug-likeness (QED) is 0.832. The Morgan fingerprint density at radius 2 is 2.29 bits per heavy atom. The lowest BCUT2D eigenvalue weighted by atomic mass is 10.2. The summed E-state index contributed by atoms with van der Waals surface area (Å²) >= 11 is 7.25. The minimum absolute atomic E-state index is 0.159. The summed E-state index contributed by atoms with van der Waals surface area (Å²) in [4.78, 5) is 12.4. The van der Waals surface area contributed by atoms with Gasteiger partial charge in [-0.2, -0.15) is 0 Å². The van der Waals surface area contributed by atoms with Crippen molar-refractivity contribution in [3.63, 3.8) is 0 Å². The van der Waals surface area contributed by atoms with E-state index in [1.807, 2.05) is 6.92 Å². The predicted molar refractivity (Wildman–Crippen MR) is 82.4 cm³/mol. The lowest BCUT2D eigenvalue weighted by molar-refractivity contribution is 0.103. The molecule has 1 amide bonds. The predicted octanol–water partition coefficient (Wildman–Crippen LogP) is 3.45. The molecule has 0 unspecified atom stereocenters. The van der Waals surface area contributed by atoms with Gasteiger partial charge >= 0.3 is 0 Å². The van der Waals surface area contributed by atoms with Crippen LogP contribution in [0.5, 0.6) is 0 Å². The van der Waals surface area contributed by atoms with Crippen molar-refractivity contribution in [3.05, 3.63) is 50.4 Å². The van der Waals surface area contributed by atoms with Crippen LogP contribution in [0.3, 0.4) is 0 Å². The van der Waals surface area contributed by atoms with E-state index in [4.69, 9.17) is 16.7 Å². The number of amides is 1. The average molecular weight is 324 g/mol. The Balaban J connectivity index is 2.19. The van der Waals surface area contributed by atoms with Crippen LogP contribution in [0.25, 0.3) is 0 Å². The van der Waals surface area contributed by atoms with Gasteiger partial charge in [-0.25, -0.2) is 4.39 Å². The van der Waals surface area contributed by atoms with E-state index in [9.17, 15) is 9.18 Å². The summed E-state index contributed by atoms with van der Waals surface area (Å²) in [7, 11) is 0. The van der Waals surface area contributed by atoms with Gasteiger partial charge in [0, 0.05) is 5.69 Å². The number of carbonyl (C=O) groups is 1. The molecule has 0 aliphatic rings. The first-order chi connectivity index (χ1) is 10.0. The molecule has 2 aromatic rings. The molecule has 108 valence electrons. The Hall–Kier alpha value is -1.87. The summed E-state index contributed by atoms with van der Waals surface area (Å²) in [5.74, 6) is 3.89. The Labute approximate surface area is 130 Å². The van der Waals surface area contributed by atoms with E-state index in [1.54, 1.807) is 5.38 Å². The number of aryl methyl sites for hydroxylation is 1. The second-order valence-corrected chi connectivity index (χ2v) is 5.43. The zero-order valence-corrected chi connectivity index (χ0v) is 12.6. The van der Waals surface area contributed by atoms with Gasteiger partial charge in [0.1, 0.15) is 17.3 Å². The number of hydrogen-bond acceptors (Lipinski definition) is 3. The Kier molecular flexibility index (Phi) is 4.97. The van der Waals surface area contributed by atoms with Gasteiger partial charge in [0.25, 0.3) is 5.91 Å². The van der Waals surface area contributed by atoms with E-state index in [1.165, 1.54) is 29.5 Å². The third-order valence-corrected chi connectivity index (χ3v) is 4.33. The summed E-state index contributed by atoms with van der Waals surface area (Å²) in [6.45, 7) is 1.47. The molecule has 21 heavy (non-hydrogen) atoms. The maximum Gasteiger partial charge on any atom is 0.267 e. The monoisotopic (exact) mass is 323 g/mol. The fourth-order valence-corrected chi connectivity index (χ4v) is 2.77. The summed E-state index contributed by atoms with van der Waals surface area (Å²) < 4.78 is 13.8. The van der Waals surface area contributed by atoms with E-state index in [-0.39, 0.29) is 18.1 Å². The van der Waals surface area contributed by atoms with Crippen molar-refractivity contribution in [2.45, 2.75) is 6.92 Å². The number of nitrogens with one attached hydrogen (secondary N) is 1. The van der Waals surface area contributed by atoms with Crippen molar-refractivity contribution in [3.8, 4) is 11.8 Å². The molecule has 0 saturated carbocycles. The van der Waals surface area contributed by atoms with Gasteiger partial charge in [-0.15, -0.1) is 11.3 Å². The van der Waals surface area contributed by atoms with Gasteiger partial charge in [0.2, 0.25) is 0 Å². The van der Waals surface area contributed by atoms with Crippen LogP contribution in [0.4, 0.5) is 10.1 Å². The molecule has 1 aromatic carbocycles. The fraction of sp³-hybridized carbons (Fsp3) is 0.133. The number of benzene rings is 1. The van der Waals surface area contributed by atoms with E-state index >= 15 is 0 Å². The molecule has 6 heteroatoms. The third-order valence-electron chi connectivity index (χ3n) is 2.63. The summed E-state index contributed by atoms with van der Waals surface area (Å²) in [5, 5.41) is 13.4. The third kappa shape index (κ3) is 3.61. The van der Waals surface area contributed by atoms with Crippen molar-refractivity contribution in [2.75, 3.05) is 11.9 Å². The van der Waals surface area contributed by atoms with Crippen molar-refractivity contribution in [1.82, 2.24) is 0 Å². The molecule has 2 N–H and O–H groups in total. The van der Waals surface area contributed by atoms with Crippen LogP contribution >= 0.6 is 22.9 Å². The van der Waals surface area contributed by atoms with Gasteiger partial charge in [0.05, 0.1) is 10.6 Å². The molecule has 3 nitrogen and oxygen atoms in total. The summed E-state index contributed by atoms with van der Waals surface area (Å²) in [5.41, 5.74) is 1.30. The maximum absolute atomic E-state index is 13.8. The number of rotatable bonds is 2. The van der Waals surface area contributed by atoms with Crippen molar-refractivity contribution >= 4 is 34.5 Å². The minimum Gasteiger partial charge on any atom is -0.384 e. The Morgan fingerprint density at radius 3 is 2.86 bits per heavy atom. The molecule has 2 rings (SSSR count). The standard InChI is InChI=1S/C15H11ClFNO2S/c1-9-8-21-14(13(9)16)15(20)18-11-5-4-10(3-2-6-19)12(17)7-11/h4-5,7-8,19H,6H2,1H3,(H,18,20). The first kappa shape index (κ1) is 15.5. The largest absolute Gasteiger partial charge is 0.384 e. The lowest BCUT2D eigenvalue weighted by Crippen LogP contribution is -2.11. The van der Waals surface area contributed by atoms with E-state index in [0.29, 0.717) is 15.6 Å². The Bertz CT molecular complexity index is 746. The summed E-state index contributed by atoms with van der Waals surface area (Å²) in [6.07, 6.45) is 0. The van der Waals surface area contributed by atoms with Gasteiger partial charge < -0.3 is 10.4 Å². The molecular weight excluding hydrogens is 313 g/mol. The van der Waals surface area contributed by atoms with Gasteiger partial charge in [0.15, 0.2) is 0 Å². The van der Waals surface area contributed by atoms with Crippen LogP contribution in [0.2, 0.25) is 5.02 Å². The van der Waals surface area contributed by atoms with Gasteiger partial charge in [-0.05, 0) is 36.1 Å². The molecule has 0 spiro atoms. The molecule has 1 aromatic heterocycles. The van der Waals surface area contributed by atoms with E-state index in [0.717, 1.165) is 5.56 Å². The zero-order chi connectivity index (χ0) is 15.4. The molecule has 0 aliphatic heterocycles. The molecule has 0 saturated heterocycles. The highest BCUT2D eigenvalue weighted by Gasteiger charge is 2.15. The van der Waals surface area contributed by atoms with Crippen LogP contribution < -0.4 is 5.32 Å². The van der Waals surface area contributed by atoms with Crippen LogP contribution in [0.1, 0.15) is 20.8 Å². The van der Waals surface area contributed by atoms with Crippen molar-refractivity contribution in [2.24, 2.45) is 0 Å². The topological polar surface area (TPSA) is 49.3 Å². The van der Waals surface area contributed by atoms with E-state index in [2.05, 4.69) is 17.2 Å². The lowest BCUT2D eigenvalue weighted by Gasteiger charge is -2.05. The molecule has 0 radical (unpaired) electrons. The molecule has 0 bridgehead atoms. The second-order valence-electron chi connectivity index (χ2n) is 4.17.